The number of nitro groups is 1. The van der Waals surface area contributed by atoms with Crippen LogP contribution in [0.3, 0.4) is 0 Å². The maximum absolute atomic E-state index is 11.7. The summed E-state index contributed by atoms with van der Waals surface area (Å²) in [6.07, 6.45) is 0.564. The molecule has 0 radical (unpaired) electrons. The third-order valence-electron chi connectivity index (χ3n) is 2.33. The van der Waals surface area contributed by atoms with Crippen molar-refractivity contribution in [3.05, 3.63) is 38.3 Å². The van der Waals surface area contributed by atoms with Gasteiger partial charge < -0.3 is 14.0 Å². The van der Waals surface area contributed by atoms with E-state index in [9.17, 15) is 14.9 Å². The normalized spacial score (nSPS) is 10.8. The average molecular weight is 242 g/mol. The summed E-state index contributed by atoms with van der Waals surface area (Å²) >= 11 is 0. The van der Waals surface area contributed by atoms with E-state index < -0.39 is 11.2 Å². The van der Waals surface area contributed by atoms with Gasteiger partial charge in [-0.05, 0) is 6.92 Å². The predicted octanol–water partition coefficient (Wildman–Crippen LogP) is 0.684. The number of ether oxygens (including phenoxy) is 2. The van der Waals surface area contributed by atoms with Gasteiger partial charge in [0.05, 0.1) is 17.7 Å². The van der Waals surface area contributed by atoms with Crippen molar-refractivity contribution >= 4 is 5.69 Å². The zero-order valence-corrected chi connectivity index (χ0v) is 9.87. The van der Waals surface area contributed by atoms with E-state index >= 15 is 0 Å². The first-order valence-electron chi connectivity index (χ1n) is 4.90. The van der Waals surface area contributed by atoms with Crippen molar-refractivity contribution in [2.75, 3.05) is 14.2 Å². The monoisotopic (exact) mass is 242 g/mol. The van der Waals surface area contributed by atoms with E-state index in [1.807, 2.05) is 0 Å². The molecule has 0 aliphatic carbocycles. The Balaban J connectivity index is 3.14. The van der Waals surface area contributed by atoms with Gasteiger partial charge in [-0.15, -0.1) is 0 Å². The Morgan fingerprint density at radius 3 is 2.53 bits per heavy atom. The first kappa shape index (κ1) is 13.3. The van der Waals surface area contributed by atoms with Crippen LogP contribution < -0.4 is 5.56 Å². The second kappa shape index (κ2) is 5.55. The van der Waals surface area contributed by atoms with E-state index in [1.54, 1.807) is 0 Å². The molecule has 0 bridgehead atoms. The molecule has 0 atom stereocenters. The highest BCUT2D eigenvalue weighted by atomic mass is 16.7. The SMILES string of the molecule is COC(Cn1cc([N+](=O)[O-])cc(C)c1=O)OC. The summed E-state index contributed by atoms with van der Waals surface area (Å²) in [5, 5.41) is 10.7. The van der Waals surface area contributed by atoms with E-state index in [1.165, 1.54) is 38.0 Å². The average Bonchev–Trinajstić information content (AvgIpc) is 2.30. The first-order valence-corrected chi connectivity index (χ1v) is 4.90. The van der Waals surface area contributed by atoms with Gasteiger partial charge in [0, 0.05) is 25.8 Å². The van der Waals surface area contributed by atoms with Crippen LogP contribution in [0.5, 0.6) is 0 Å². The van der Waals surface area contributed by atoms with Gasteiger partial charge in [-0.2, -0.15) is 0 Å². The van der Waals surface area contributed by atoms with Crippen LogP contribution in [-0.2, 0) is 16.0 Å². The van der Waals surface area contributed by atoms with Crippen molar-refractivity contribution in [1.29, 1.82) is 0 Å². The van der Waals surface area contributed by atoms with Gasteiger partial charge in [-0.25, -0.2) is 0 Å². The van der Waals surface area contributed by atoms with Crippen LogP contribution in [-0.4, -0.2) is 30.0 Å². The van der Waals surface area contributed by atoms with E-state index in [0.29, 0.717) is 5.56 Å². The standard InChI is InChI=1S/C10H14N2O5/c1-7-4-8(12(14)15)5-11(10(7)13)6-9(16-2)17-3/h4-5,9H,6H2,1-3H3. The summed E-state index contributed by atoms with van der Waals surface area (Å²) in [5.41, 5.74) is -0.118. The Morgan fingerprint density at radius 1 is 1.47 bits per heavy atom. The zero-order chi connectivity index (χ0) is 13.0. The van der Waals surface area contributed by atoms with Gasteiger partial charge in [-0.1, -0.05) is 0 Å². The number of nitrogens with zero attached hydrogens (tertiary/aromatic N) is 2. The number of pyridine rings is 1. The molecule has 0 saturated carbocycles. The van der Waals surface area contributed by atoms with Crippen molar-refractivity contribution in [3.8, 4) is 0 Å². The van der Waals surface area contributed by atoms with Crippen LogP contribution in [0.4, 0.5) is 5.69 Å². The molecule has 7 nitrogen and oxygen atoms in total. The number of aryl methyl sites for hydroxylation is 1. The molecule has 1 rings (SSSR count). The summed E-state index contributed by atoms with van der Waals surface area (Å²) in [7, 11) is 2.87. The van der Waals surface area contributed by atoms with Crippen LogP contribution in [0.15, 0.2) is 17.1 Å². The molecular weight excluding hydrogens is 228 g/mol. The number of rotatable bonds is 5. The third-order valence-corrected chi connectivity index (χ3v) is 2.33. The minimum absolute atomic E-state index is 0.106. The highest BCUT2D eigenvalue weighted by Gasteiger charge is 2.14. The summed E-state index contributed by atoms with van der Waals surface area (Å²) in [5.74, 6) is 0. The van der Waals surface area contributed by atoms with Crippen LogP contribution in [0.2, 0.25) is 0 Å². The smallest absolute Gasteiger partial charge is 0.286 e. The molecule has 0 aliphatic rings. The molecule has 1 aromatic rings. The third kappa shape index (κ3) is 3.11. The summed E-state index contributed by atoms with van der Waals surface area (Å²) in [4.78, 5) is 21.9. The van der Waals surface area contributed by atoms with Gasteiger partial charge in [0.2, 0.25) is 0 Å². The summed E-state index contributed by atoms with van der Waals surface area (Å²) in [6.45, 7) is 1.63. The Hall–Kier alpha value is -1.73. The second-order valence-electron chi connectivity index (χ2n) is 3.50. The van der Waals surface area contributed by atoms with Gasteiger partial charge in [0.1, 0.15) is 0 Å². The lowest BCUT2D eigenvalue weighted by Crippen LogP contribution is -2.29. The lowest BCUT2D eigenvalue weighted by molar-refractivity contribution is -0.385. The van der Waals surface area contributed by atoms with Crippen LogP contribution in [0.1, 0.15) is 5.56 Å². The highest BCUT2D eigenvalue weighted by Crippen LogP contribution is 2.10. The van der Waals surface area contributed by atoms with Gasteiger partial charge in [-0.3, -0.25) is 14.9 Å². The maximum atomic E-state index is 11.7. The Morgan fingerprint density at radius 2 is 2.06 bits per heavy atom. The fourth-order valence-corrected chi connectivity index (χ4v) is 1.41. The lowest BCUT2D eigenvalue weighted by Gasteiger charge is -2.14. The molecule has 0 spiro atoms. The zero-order valence-electron chi connectivity index (χ0n) is 9.87. The molecule has 0 saturated heterocycles. The molecule has 0 fully saturated rings. The molecular formula is C10H14N2O5. The topological polar surface area (TPSA) is 83.6 Å². The molecule has 0 aromatic carbocycles. The number of hydrogen-bond donors (Lipinski definition) is 0. The molecule has 0 amide bonds. The van der Waals surface area contributed by atoms with Gasteiger partial charge in [0.25, 0.3) is 11.2 Å². The Kier molecular flexibility index (Phi) is 4.36. The predicted molar refractivity (Wildman–Crippen MR) is 59.9 cm³/mol. The largest absolute Gasteiger partial charge is 0.354 e. The fraction of sp³-hybridized carbons (Fsp3) is 0.500. The van der Waals surface area contributed by atoms with Gasteiger partial charge in [0.15, 0.2) is 6.29 Å². The molecule has 0 unspecified atom stereocenters. The van der Waals surface area contributed by atoms with E-state index in [2.05, 4.69) is 0 Å². The molecule has 94 valence electrons. The van der Waals surface area contributed by atoms with Crippen molar-refractivity contribution in [3.63, 3.8) is 0 Å². The van der Waals surface area contributed by atoms with Crippen molar-refractivity contribution in [2.45, 2.75) is 19.8 Å². The molecule has 1 aromatic heterocycles. The number of methoxy groups -OCH3 is 2. The van der Waals surface area contributed by atoms with Crippen molar-refractivity contribution < 1.29 is 14.4 Å². The van der Waals surface area contributed by atoms with E-state index in [-0.39, 0.29) is 17.8 Å². The van der Waals surface area contributed by atoms with Crippen molar-refractivity contribution in [1.82, 2.24) is 4.57 Å². The number of hydrogen-bond acceptors (Lipinski definition) is 5. The quantitative estimate of drug-likeness (QED) is 0.430. The maximum Gasteiger partial charge on any atom is 0.286 e. The molecule has 7 heteroatoms. The number of aromatic nitrogens is 1. The fourth-order valence-electron chi connectivity index (χ4n) is 1.41. The molecule has 0 aliphatic heterocycles. The van der Waals surface area contributed by atoms with Crippen LogP contribution >= 0.6 is 0 Å². The first-order chi connectivity index (χ1) is 7.99. The van der Waals surface area contributed by atoms with E-state index in [0.717, 1.165) is 0 Å². The lowest BCUT2D eigenvalue weighted by atomic mass is 10.3. The highest BCUT2D eigenvalue weighted by molar-refractivity contribution is 5.30. The van der Waals surface area contributed by atoms with Gasteiger partial charge >= 0.3 is 0 Å². The van der Waals surface area contributed by atoms with Crippen LogP contribution in [0.25, 0.3) is 0 Å². The second-order valence-corrected chi connectivity index (χ2v) is 3.50. The van der Waals surface area contributed by atoms with E-state index in [4.69, 9.17) is 9.47 Å². The molecule has 1 heterocycles. The molecule has 0 N–H and O–H groups in total. The van der Waals surface area contributed by atoms with Crippen molar-refractivity contribution in [2.24, 2.45) is 0 Å². The minimum atomic E-state index is -0.617. The molecule has 17 heavy (non-hydrogen) atoms. The minimum Gasteiger partial charge on any atom is -0.354 e. The Labute approximate surface area is 97.7 Å². The summed E-state index contributed by atoms with van der Waals surface area (Å²) in [6, 6.07) is 1.24. The summed E-state index contributed by atoms with van der Waals surface area (Å²) < 4.78 is 11.1. The Bertz CT molecular complexity index is 464. The van der Waals surface area contributed by atoms with Crippen LogP contribution in [0, 0.1) is 17.0 Å².